The van der Waals surface area contributed by atoms with Crippen molar-refractivity contribution < 1.29 is 0 Å². The summed E-state index contributed by atoms with van der Waals surface area (Å²) in [6, 6.07) is 9.64. The largest absolute Gasteiger partial charge is 0.399 e. The number of hydrogen-bond donors (Lipinski definition) is 2. The first kappa shape index (κ1) is 9.73. The van der Waals surface area contributed by atoms with E-state index >= 15 is 0 Å². The molecule has 0 saturated carbocycles. The van der Waals surface area contributed by atoms with Crippen LogP contribution in [0.15, 0.2) is 36.5 Å². The molecule has 0 unspecified atom stereocenters. The first-order valence-corrected chi connectivity index (χ1v) is 4.89. The maximum atomic E-state index is 5.62. The molecule has 4 nitrogen and oxygen atoms in total. The molecule has 0 saturated heterocycles. The Morgan fingerprint density at radius 3 is 2.53 bits per heavy atom. The third kappa shape index (κ3) is 2.16. The molecule has 2 rings (SSSR count). The maximum absolute atomic E-state index is 5.62. The second-order valence-corrected chi connectivity index (χ2v) is 3.37. The van der Waals surface area contributed by atoms with Crippen molar-refractivity contribution in [2.24, 2.45) is 5.73 Å². The van der Waals surface area contributed by atoms with Crippen LogP contribution in [0.2, 0.25) is 0 Å². The van der Waals surface area contributed by atoms with Crippen LogP contribution in [0, 0.1) is 0 Å². The molecule has 0 aliphatic rings. The van der Waals surface area contributed by atoms with Crippen molar-refractivity contribution >= 4 is 5.69 Å². The summed E-state index contributed by atoms with van der Waals surface area (Å²) in [6.45, 7) is 1.35. The highest BCUT2D eigenvalue weighted by Gasteiger charge is 2.01. The summed E-state index contributed by atoms with van der Waals surface area (Å²) in [4.78, 5) is 0. The van der Waals surface area contributed by atoms with Gasteiger partial charge < -0.3 is 11.5 Å². The average molecular weight is 202 g/mol. The van der Waals surface area contributed by atoms with Crippen molar-refractivity contribution in [3.63, 3.8) is 0 Å². The van der Waals surface area contributed by atoms with E-state index in [9.17, 15) is 0 Å². The zero-order valence-electron chi connectivity index (χ0n) is 8.43. The molecular formula is C11H14N4. The number of benzene rings is 1. The molecule has 2 aromatic rings. The summed E-state index contributed by atoms with van der Waals surface area (Å²) in [6.07, 6.45) is 1.93. The Bertz CT molecular complexity index is 430. The van der Waals surface area contributed by atoms with Crippen LogP contribution < -0.4 is 11.5 Å². The fraction of sp³-hybridized carbons (Fsp3) is 0.182. The summed E-state index contributed by atoms with van der Waals surface area (Å²) in [5.74, 6) is 0. The molecule has 1 heterocycles. The minimum absolute atomic E-state index is 0.600. The summed E-state index contributed by atoms with van der Waals surface area (Å²) < 4.78 is 1.84. The lowest BCUT2D eigenvalue weighted by atomic mass is 10.1. The Hall–Kier alpha value is -1.81. The fourth-order valence-electron chi connectivity index (χ4n) is 1.43. The van der Waals surface area contributed by atoms with Gasteiger partial charge in [0.25, 0.3) is 0 Å². The van der Waals surface area contributed by atoms with Crippen LogP contribution in [0.4, 0.5) is 5.69 Å². The standard InChI is InChI=1S/C11H14N4/c12-6-8-15-7-5-11(14-15)9-1-3-10(13)4-2-9/h1-5,7H,6,8,12-13H2. The van der Waals surface area contributed by atoms with E-state index in [4.69, 9.17) is 11.5 Å². The van der Waals surface area contributed by atoms with Gasteiger partial charge in [-0.3, -0.25) is 4.68 Å². The third-order valence-electron chi connectivity index (χ3n) is 2.21. The van der Waals surface area contributed by atoms with Gasteiger partial charge in [-0.1, -0.05) is 12.1 Å². The average Bonchev–Trinajstić information content (AvgIpc) is 2.68. The van der Waals surface area contributed by atoms with E-state index < -0.39 is 0 Å². The molecule has 0 aliphatic heterocycles. The van der Waals surface area contributed by atoms with E-state index in [1.807, 2.05) is 41.2 Å². The Morgan fingerprint density at radius 2 is 1.87 bits per heavy atom. The number of rotatable bonds is 3. The molecule has 0 atom stereocenters. The monoisotopic (exact) mass is 202 g/mol. The maximum Gasteiger partial charge on any atom is 0.0923 e. The van der Waals surface area contributed by atoms with E-state index in [1.165, 1.54) is 0 Å². The molecule has 4 heteroatoms. The summed E-state index contributed by atoms with van der Waals surface area (Å²) in [5, 5.41) is 4.40. The summed E-state index contributed by atoms with van der Waals surface area (Å²) in [5.41, 5.74) is 13.8. The molecule has 78 valence electrons. The minimum Gasteiger partial charge on any atom is -0.399 e. The predicted molar refractivity (Wildman–Crippen MR) is 61.1 cm³/mol. The molecule has 4 N–H and O–H groups in total. The quantitative estimate of drug-likeness (QED) is 0.732. The second-order valence-electron chi connectivity index (χ2n) is 3.37. The first-order chi connectivity index (χ1) is 7.29. The van der Waals surface area contributed by atoms with Gasteiger partial charge in [-0.25, -0.2) is 0 Å². The van der Waals surface area contributed by atoms with Gasteiger partial charge in [-0.05, 0) is 18.2 Å². The smallest absolute Gasteiger partial charge is 0.0923 e. The predicted octanol–water partition coefficient (Wildman–Crippen LogP) is 1.09. The number of anilines is 1. The number of nitrogens with zero attached hydrogens (tertiary/aromatic N) is 2. The normalized spacial score (nSPS) is 10.5. The topological polar surface area (TPSA) is 69.9 Å². The third-order valence-corrected chi connectivity index (χ3v) is 2.21. The van der Waals surface area contributed by atoms with Crippen LogP contribution >= 0.6 is 0 Å². The molecule has 1 aromatic heterocycles. The lowest BCUT2D eigenvalue weighted by Crippen LogP contribution is -2.09. The minimum atomic E-state index is 0.600. The summed E-state index contributed by atoms with van der Waals surface area (Å²) >= 11 is 0. The van der Waals surface area contributed by atoms with E-state index in [0.717, 1.165) is 23.5 Å². The van der Waals surface area contributed by atoms with E-state index in [-0.39, 0.29) is 0 Å². The zero-order chi connectivity index (χ0) is 10.7. The SMILES string of the molecule is NCCn1ccc(-c2ccc(N)cc2)n1. The van der Waals surface area contributed by atoms with Crippen molar-refractivity contribution in [2.75, 3.05) is 12.3 Å². The highest BCUT2D eigenvalue weighted by atomic mass is 15.3. The van der Waals surface area contributed by atoms with Crippen LogP contribution in [0.5, 0.6) is 0 Å². The van der Waals surface area contributed by atoms with Gasteiger partial charge >= 0.3 is 0 Å². The van der Waals surface area contributed by atoms with Gasteiger partial charge in [-0.2, -0.15) is 5.10 Å². The Balaban J connectivity index is 2.25. The van der Waals surface area contributed by atoms with E-state index in [0.29, 0.717) is 6.54 Å². The van der Waals surface area contributed by atoms with Gasteiger partial charge in [0, 0.05) is 24.0 Å². The number of nitrogen functional groups attached to an aromatic ring is 1. The van der Waals surface area contributed by atoms with Crippen molar-refractivity contribution in [1.82, 2.24) is 9.78 Å². The Kier molecular flexibility index (Phi) is 2.69. The number of nitrogens with two attached hydrogens (primary N) is 2. The number of aromatic nitrogens is 2. The lowest BCUT2D eigenvalue weighted by Gasteiger charge is -1.98. The molecule has 0 spiro atoms. The molecule has 0 radical (unpaired) electrons. The van der Waals surface area contributed by atoms with Gasteiger partial charge in [0.1, 0.15) is 0 Å². The van der Waals surface area contributed by atoms with Gasteiger partial charge in [-0.15, -0.1) is 0 Å². The first-order valence-electron chi connectivity index (χ1n) is 4.89. The van der Waals surface area contributed by atoms with Crippen molar-refractivity contribution in [3.05, 3.63) is 36.5 Å². The molecular weight excluding hydrogens is 188 g/mol. The van der Waals surface area contributed by atoms with Crippen LogP contribution in [0.3, 0.4) is 0 Å². The highest BCUT2D eigenvalue weighted by Crippen LogP contribution is 2.17. The molecule has 0 fully saturated rings. The molecule has 0 aliphatic carbocycles. The van der Waals surface area contributed by atoms with Crippen molar-refractivity contribution in [2.45, 2.75) is 6.54 Å². The van der Waals surface area contributed by atoms with E-state index in [2.05, 4.69) is 5.10 Å². The fourth-order valence-corrected chi connectivity index (χ4v) is 1.43. The van der Waals surface area contributed by atoms with Gasteiger partial charge in [0.2, 0.25) is 0 Å². The van der Waals surface area contributed by atoms with Crippen LogP contribution in [0.1, 0.15) is 0 Å². The van der Waals surface area contributed by atoms with Gasteiger partial charge in [0.05, 0.1) is 12.2 Å². The van der Waals surface area contributed by atoms with Crippen molar-refractivity contribution in [3.8, 4) is 11.3 Å². The highest BCUT2D eigenvalue weighted by molar-refractivity contribution is 5.61. The van der Waals surface area contributed by atoms with Crippen LogP contribution in [-0.2, 0) is 6.54 Å². The Morgan fingerprint density at radius 1 is 1.13 bits per heavy atom. The molecule has 0 bridgehead atoms. The summed E-state index contributed by atoms with van der Waals surface area (Å²) in [7, 11) is 0. The molecule has 0 amide bonds. The van der Waals surface area contributed by atoms with Crippen molar-refractivity contribution in [1.29, 1.82) is 0 Å². The number of hydrogen-bond acceptors (Lipinski definition) is 3. The van der Waals surface area contributed by atoms with Gasteiger partial charge in [0.15, 0.2) is 0 Å². The Labute approximate surface area is 88.5 Å². The zero-order valence-corrected chi connectivity index (χ0v) is 8.43. The van der Waals surface area contributed by atoms with Crippen LogP contribution in [0.25, 0.3) is 11.3 Å². The second kappa shape index (κ2) is 4.14. The van der Waals surface area contributed by atoms with E-state index in [1.54, 1.807) is 0 Å². The van der Waals surface area contributed by atoms with Crippen LogP contribution in [-0.4, -0.2) is 16.3 Å². The molecule has 1 aromatic carbocycles. The lowest BCUT2D eigenvalue weighted by molar-refractivity contribution is 0.627. The molecule has 15 heavy (non-hydrogen) atoms.